The first-order valence-electron chi connectivity index (χ1n) is 9.43. The summed E-state index contributed by atoms with van der Waals surface area (Å²) in [5.41, 5.74) is 1.33. The highest BCUT2D eigenvalue weighted by molar-refractivity contribution is 6.16. The zero-order chi connectivity index (χ0) is 20.5. The molecule has 0 saturated heterocycles. The number of nitrogens with zero attached hydrogens (tertiary/aromatic N) is 2. The van der Waals surface area contributed by atoms with E-state index >= 15 is 0 Å². The molecule has 0 radical (unpaired) electrons. The highest BCUT2D eigenvalue weighted by Gasteiger charge is 2.44. The Kier molecular flexibility index (Phi) is 4.90. The second-order valence-corrected chi connectivity index (χ2v) is 7.38. The maximum Gasteiger partial charge on any atom is 0.290 e. The lowest BCUT2D eigenvalue weighted by molar-refractivity contribution is -0.857. The number of hydrogen-bond donors (Lipinski definition) is 2. The number of furan rings is 1. The number of fused-ring (bicyclic) bond motifs is 1. The largest absolute Gasteiger partial charge is 0.503 e. The number of aliphatic hydroxyl groups excluding tert-OH is 1. The molecular formula is C22H22N3O4+. The number of quaternary nitrogens is 1. The molecule has 0 aliphatic carbocycles. The van der Waals surface area contributed by atoms with Crippen LogP contribution in [0.3, 0.4) is 0 Å². The Hall–Kier alpha value is -3.45. The number of amides is 1. The molecule has 0 unspecified atom stereocenters. The zero-order valence-corrected chi connectivity index (χ0v) is 16.3. The second kappa shape index (κ2) is 7.52. The predicted octanol–water partition coefficient (Wildman–Crippen LogP) is 1.55. The molecule has 3 aromatic rings. The third-order valence-electron chi connectivity index (χ3n) is 5.07. The Labute approximate surface area is 167 Å². The van der Waals surface area contributed by atoms with Gasteiger partial charge in [-0.2, -0.15) is 0 Å². The fourth-order valence-corrected chi connectivity index (χ4v) is 3.58. The average Bonchev–Trinajstić information content (AvgIpc) is 3.26. The molecule has 1 atom stereocenters. The van der Waals surface area contributed by atoms with E-state index < -0.39 is 23.5 Å². The molecule has 3 heterocycles. The Morgan fingerprint density at radius 1 is 1.21 bits per heavy atom. The number of rotatable bonds is 6. The zero-order valence-electron chi connectivity index (χ0n) is 16.3. The van der Waals surface area contributed by atoms with Gasteiger partial charge in [0.25, 0.3) is 5.91 Å². The number of carbonyl (C=O) groups is 2. The maximum absolute atomic E-state index is 13.3. The second-order valence-electron chi connectivity index (χ2n) is 7.38. The molecule has 1 aromatic carbocycles. The van der Waals surface area contributed by atoms with Gasteiger partial charge in [-0.1, -0.05) is 18.2 Å². The molecule has 1 amide bonds. The quantitative estimate of drug-likeness (QED) is 0.622. The summed E-state index contributed by atoms with van der Waals surface area (Å²) in [6, 6.07) is 11.7. The summed E-state index contributed by atoms with van der Waals surface area (Å²) in [5, 5.41) is 11.4. The number of hydrogen-bond acceptors (Lipinski definition) is 5. The molecule has 1 aliphatic heterocycles. The Morgan fingerprint density at radius 2 is 1.93 bits per heavy atom. The summed E-state index contributed by atoms with van der Waals surface area (Å²) in [6.45, 7) is 1.07. The summed E-state index contributed by atoms with van der Waals surface area (Å²) < 4.78 is 5.70. The lowest BCUT2D eigenvalue weighted by Crippen LogP contribution is -3.06. The SMILES string of the molecule is C[NH+](C)CCN1C(=O)C(O)=C(C(=O)c2cc3ccccc3o2)[C@@H]1c1ccncc1. The van der Waals surface area contributed by atoms with Crippen molar-refractivity contribution < 1.29 is 24.0 Å². The van der Waals surface area contributed by atoms with Crippen LogP contribution in [0.5, 0.6) is 0 Å². The fourth-order valence-electron chi connectivity index (χ4n) is 3.58. The fraction of sp³-hybridized carbons (Fsp3) is 0.227. The lowest BCUT2D eigenvalue weighted by atomic mass is 9.95. The van der Waals surface area contributed by atoms with Crippen molar-refractivity contribution >= 4 is 22.7 Å². The van der Waals surface area contributed by atoms with E-state index in [4.69, 9.17) is 4.42 Å². The van der Waals surface area contributed by atoms with Crippen LogP contribution in [0.1, 0.15) is 22.2 Å². The summed E-state index contributed by atoms with van der Waals surface area (Å²) in [7, 11) is 3.96. The van der Waals surface area contributed by atoms with Crippen LogP contribution in [-0.4, -0.2) is 53.9 Å². The van der Waals surface area contributed by atoms with Crippen molar-refractivity contribution in [1.29, 1.82) is 0 Å². The Morgan fingerprint density at radius 3 is 2.62 bits per heavy atom. The molecule has 29 heavy (non-hydrogen) atoms. The van der Waals surface area contributed by atoms with Gasteiger partial charge in [-0.3, -0.25) is 14.6 Å². The molecule has 0 spiro atoms. The van der Waals surface area contributed by atoms with Crippen LogP contribution in [0, 0.1) is 0 Å². The molecule has 4 rings (SSSR count). The summed E-state index contributed by atoms with van der Waals surface area (Å²) >= 11 is 0. The van der Waals surface area contributed by atoms with Crippen LogP contribution < -0.4 is 4.90 Å². The van der Waals surface area contributed by atoms with Crippen molar-refractivity contribution in [2.45, 2.75) is 6.04 Å². The standard InChI is InChI=1S/C22H21N3O4/c1-24(2)11-12-25-19(14-7-9-23-10-8-14)18(21(27)22(25)28)20(26)17-13-15-5-3-4-6-16(15)29-17/h3-10,13,19,27H,11-12H2,1-2H3/p+1/t19-/m0/s1. The summed E-state index contributed by atoms with van der Waals surface area (Å²) in [5.74, 6) is -1.47. The molecule has 7 heteroatoms. The van der Waals surface area contributed by atoms with Crippen LogP contribution in [-0.2, 0) is 4.79 Å². The molecule has 2 N–H and O–H groups in total. The lowest BCUT2D eigenvalue weighted by Gasteiger charge is -2.26. The number of ketones is 1. The third kappa shape index (κ3) is 3.40. The van der Waals surface area contributed by atoms with Crippen LogP contribution in [0.4, 0.5) is 0 Å². The predicted molar refractivity (Wildman–Crippen MR) is 107 cm³/mol. The van der Waals surface area contributed by atoms with Gasteiger partial charge in [-0.25, -0.2) is 0 Å². The van der Waals surface area contributed by atoms with E-state index in [2.05, 4.69) is 4.98 Å². The minimum atomic E-state index is -0.689. The van der Waals surface area contributed by atoms with Gasteiger partial charge in [0.05, 0.1) is 38.8 Å². The molecule has 0 bridgehead atoms. The van der Waals surface area contributed by atoms with E-state index in [1.807, 2.05) is 32.3 Å². The monoisotopic (exact) mass is 392 g/mol. The van der Waals surface area contributed by atoms with Gasteiger partial charge in [0.1, 0.15) is 5.58 Å². The van der Waals surface area contributed by atoms with Gasteiger partial charge >= 0.3 is 0 Å². The number of carbonyl (C=O) groups excluding carboxylic acids is 2. The first-order valence-corrected chi connectivity index (χ1v) is 9.43. The van der Waals surface area contributed by atoms with E-state index in [-0.39, 0.29) is 11.3 Å². The van der Waals surface area contributed by atoms with Crippen molar-refractivity contribution in [2.24, 2.45) is 0 Å². The number of aliphatic hydroxyl groups is 1. The molecule has 7 nitrogen and oxygen atoms in total. The van der Waals surface area contributed by atoms with E-state index in [0.29, 0.717) is 24.2 Å². The van der Waals surface area contributed by atoms with E-state index in [0.717, 1.165) is 10.3 Å². The van der Waals surface area contributed by atoms with Gasteiger partial charge in [-0.05, 0) is 29.8 Å². The number of benzene rings is 1. The molecule has 0 saturated carbocycles. The van der Waals surface area contributed by atoms with Crippen molar-refractivity contribution in [1.82, 2.24) is 9.88 Å². The number of para-hydroxylation sites is 1. The molecule has 1 aliphatic rings. The Balaban J connectivity index is 1.78. The van der Waals surface area contributed by atoms with Gasteiger partial charge in [0, 0.05) is 17.8 Å². The van der Waals surface area contributed by atoms with E-state index in [9.17, 15) is 14.7 Å². The maximum atomic E-state index is 13.3. The third-order valence-corrected chi connectivity index (χ3v) is 5.07. The minimum Gasteiger partial charge on any atom is -0.503 e. The molecular weight excluding hydrogens is 370 g/mol. The first-order chi connectivity index (χ1) is 14.0. The number of nitrogens with one attached hydrogen (secondary N) is 1. The number of aromatic nitrogens is 1. The molecule has 148 valence electrons. The first kappa shape index (κ1) is 18.9. The molecule has 0 fully saturated rings. The number of likely N-dealkylation sites (N-methyl/N-ethyl adjacent to an activating group) is 1. The number of pyridine rings is 1. The van der Waals surface area contributed by atoms with Crippen LogP contribution in [0.25, 0.3) is 11.0 Å². The van der Waals surface area contributed by atoms with Crippen LogP contribution in [0.15, 0.2) is 70.6 Å². The average molecular weight is 392 g/mol. The van der Waals surface area contributed by atoms with Crippen LogP contribution >= 0.6 is 0 Å². The highest BCUT2D eigenvalue weighted by Crippen LogP contribution is 2.39. The number of Topliss-reactive ketones (excluding diaryl/α,β-unsaturated/α-hetero) is 1. The smallest absolute Gasteiger partial charge is 0.290 e. The van der Waals surface area contributed by atoms with Crippen molar-refractivity contribution in [2.75, 3.05) is 27.2 Å². The van der Waals surface area contributed by atoms with Gasteiger partial charge < -0.3 is 19.3 Å². The molecule has 2 aromatic heterocycles. The van der Waals surface area contributed by atoms with Crippen molar-refractivity contribution in [3.8, 4) is 0 Å². The topological polar surface area (TPSA) is 88.1 Å². The van der Waals surface area contributed by atoms with Gasteiger partial charge in [0.2, 0.25) is 5.78 Å². The summed E-state index contributed by atoms with van der Waals surface area (Å²) in [4.78, 5) is 32.9. The van der Waals surface area contributed by atoms with Crippen LogP contribution in [0.2, 0.25) is 0 Å². The van der Waals surface area contributed by atoms with E-state index in [1.165, 1.54) is 4.90 Å². The summed E-state index contributed by atoms with van der Waals surface area (Å²) in [6.07, 6.45) is 3.21. The van der Waals surface area contributed by atoms with Gasteiger partial charge in [-0.15, -0.1) is 0 Å². The van der Waals surface area contributed by atoms with Crippen molar-refractivity contribution in [3.05, 3.63) is 77.5 Å². The van der Waals surface area contributed by atoms with E-state index in [1.54, 1.807) is 36.7 Å². The minimum absolute atomic E-state index is 0.0361. The Bertz CT molecular complexity index is 1070. The normalized spacial score (nSPS) is 17.0. The highest BCUT2D eigenvalue weighted by atomic mass is 16.3. The van der Waals surface area contributed by atoms with Gasteiger partial charge in [0.15, 0.2) is 11.5 Å². The van der Waals surface area contributed by atoms with Crippen molar-refractivity contribution in [3.63, 3.8) is 0 Å².